The molecular formula is C23H29ClN4O2. The molecule has 2 N–H and O–H groups in total. The molecule has 0 saturated heterocycles. The predicted molar refractivity (Wildman–Crippen MR) is 123 cm³/mol. The number of likely N-dealkylation sites (N-methyl/N-ethyl adjacent to an activating group) is 1. The van der Waals surface area contributed by atoms with Gasteiger partial charge >= 0.3 is 0 Å². The fraction of sp³-hybridized carbons (Fsp3) is 0.304. The lowest BCUT2D eigenvalue weighted by molar-refractivity contribution is -0.120. The smallest absolute Gasteiger partial charge is 0.224 e. The van der Waals surface area contributed by atoms with Crippen LogP contribution < -0.4 is 15.4 Å². The maximum absolute atomic E-state index is 12.6. The van der Waals surface area contributed by atoms with Crippen LogP contribution in [0.25, 0.3) is 16.9 Å². The third-order valence-corrected chi connectivity index (χ3v) is 4.68. The Morgan fingerprint density at radius 2 is 1.83 bits per heavy atom. The zero-order chi connectivity index (χ0) is 20.6. The first-order valence-electron chi connectivity index (χ1n) is 9.89. The number of rotatable bonds is 9. The average molecular weight is 429 g/mol. The van der Waals surface area contributed by atoms with Gasteiger partial charge in [-0.15, -0.1) is 12.4 Å². The van der Waals surface area contributed by atoms with Crippen molar-refractivity contribution in [3.63, 3.8) is 0 Å². The highest BCUT2D eigenvalue weighted by Gasteiger charge is 2.16. The molecule has 1 atom stereocenters. The predicted octanol–water partition coefficient (Wildman–Crippen LogP) is 3.63. The maximum Gasteiger partial charge on any atom is 0.224 e. The van der Waals surface area contributed by atoms with Gasteiger partial charge in [0.25, 0.3) is 0 Å². The Labute approximate surface area is 184 Å². The summed E-state index contributed by atoms with van der Waals surface area (Å²) in [5.41, 5.74) is 3.58. The first kappa shape index (κ1) is 23.4. The summed E-state index contributed by atoms with van der Waals surface area (Å²) in [7, 11) is 1.64. The first-order chi connectivity index (χ1) is 14.1. The lowest BCUT2D eigenvalue weighted by Gasteiger charge is -2.13. The topological polar surface area (TPSA) is 68.2 Å². The fourth-order valence-corrected chi connectivity index (χ4v) is 3.17. The van der Waals surface area contributed by atoms with Crippen molar-refractivity contribution in [3.8, 4) is 22.7 Å². The molecule has 0 radical (unpaired) electrons. The normalized spacial score (nSPS) is 11.4. The molecule has 0 spiro atoms. The summed E-state index contributed by atoms with van der Waals surface area (Å²) in [6, 6.07) is 17.9. The number of carbonyl (C=O) groups excluding carboxylic acids is 1. The van der Waals surface area contributed by atoms with Crippen LogP contribution >= 0.6 is 12.4 Å². The van der Waals surface area contributed by atoms with Crippen LogP contribution in [0.4, 0.5) is 0 Å². The van der Waals surface area contributed by atoms with Crippen LogP contribution in [0.3, 0.4) is 0 Å². The van der Waals surface area contributed by atoms with Gasteiger partial charge in [0, 0.05) is 29.9 Å². The molecule has 160 valence electrons. The van der Waals surface area contributed by atoms with Gasteiger partial charge in [-0.3, -0.25) is 4.79 Å². The number of benzene rings is 2. The highest BCUT2D eigenvalue weighted by Crippen LogP contribution is 2.26. The van der Waals surface area contributed by atoms with Crippen LogP contribution in [0.15, 0.2) is 60.8 Å². The molecule has 1 aromatic heterocycles. The third-order valence-electron chi connectivity index (χ3n) is 4.68. The van der Waals surface area contributed by atoms with E-state index in [1.54, 1.807) is 7.11 Å². The Morgan fingerprint density at radius 3 is 2.47 bits per heavy atom. The zero-order valence-corrected chi connectivity index (χ0v) is 18.4. The Balaban J connectivity index is 0.00000320. The van der Waals surface area contributed by atoms with E-state index < -0.39 is 0 Å². The van der Waals surface area contributed by atoms with E-state index in [1.165, 1.54) is 0 Å². The van der Waals surface area contributed by atoms with E-state index in [9.17, 15) is 4.79 Å². The van der Waals surface area contributed by atoms with Crippen molar-refractivity contribution >= 4 is 18.3 Å². The van der Waals surface area contributed by atoms with Gasteiger partial charge in [-0.05, 0) is 49.9 Å². The van der Waals surface area contributed by atoms with Gasteiger partial charge in [0.2, 0.25) is 5.91 Å². The number of amides is 1. The summed E-state index contributed by atoms with van der Waals surface area (Å²) in [4.78, 5) is 12.6. The Morgan fingerprint density at radius 1 is 1.13 bits per heavy atom. The summed E-state index contributed by atoms with van der Waals surface area (Å²) < 4.78 is 7.08. The molecule has 0 fully saturated rings. The summed E-state index contributed by atoms with van der Waals surface area (Å²) in [6.07, 6.45) is 2.20. The number of hydrogen-bond acceptors (Lipinski definition) is 4. The number of nitrogens with one attached hydrogen (secondary N) is 2. The molecule has 0 aliphatic rings. The van der Waals surface area contributed by atoms with Gasteiger partial charge < -0.3 is 15.4 Å². The minimum atomic E-state index is -0.0165. The van der Waals surface area contributed by atoms with Crippen LogP contribution in [0, 0.1) is 0 Å². The van der Waals surface area contributed by atoms with Gasteiger partial charge in [0.15, 0.2) is 0 Å². The van der Waals surface area contributed by atoms with E-state index in [0.717, 1.165) is 34.8 Å². The number of carbonyl (C=O) groups is 1. The van der Waals surface area contributed by atoms with Gasteiger partial charge in [-0.2, -0.15) is 5.10 Å². The first-order valence-corrected chi connectivity index (χ1v) is 9.89. The van der Waals surface area contributed by atoms with Crippen molar-refractivity contribution in [2.24, 2.45) is 0 Å². The molecule has 3 aromatic rings. The number of para-hydroxylation sites is 1. The van der Waals surface area contributed by atoms with Crippen molar-refractivity contribution in [2.45, 2.75) is 26.3 Å². The van der Waals surface area contributed by atoms with E-state index in [1.807, 2.05) is 65.5 Å². The van der Waals surface area contributed by atoms with Crippen LogP contribution in [-0.4, -0.2) is 41.9 Å². The van der Waals surface area contributed by atoms with Gasteiger partial charge in [0.05, 0.1) is 24.9 Å². The minimum absolute atomic E-state index is 0. The molecule has 0 unspecified atom stereocenters. The number of hydrogen-bond donors (Lipinski definition) is 2. The second-order valence-electron chi connectivity index (χ2n) is 6.95. The van der Waals surface area contributed by atoms with E-state index in [0.29, 0.717) is 6.54 Å². The maximum atomic E-state index is 12.6. The molecular weight excluding hydrogens is 400 g/mol. The van der Waals surface area contributed by atoms with Crippen molar-refractivity contribution in [1.82, 2.24) is 20.4 Å². The number of ether oxygens (including phenoxy) is 1. The van der Waals surface area contributed by atoms with E-state index >= 15 is 0 Å². The quantitative estimate of drug-likeness (QED) is 0.546. The molecule has 6 nitrogen and oxygen atoms in total. The molecule has 2 aromatic carbocycles. The standard InChI is InChI=1S/C23H28N4O2.ClH/c1-4-24-17(2)15-25-22(28)14-19-16-27(20-8-6-5-7-9-20)26-23(19)18-10-12-21(29-3)13-11-18;/h5-13,16-17,24H,4,14-15H2,1-3H3,(H,25,28);1H/t17-;/m1./s1. The van der Waals surface area contributed by atoms with Crippen LogP contribution in [0.2, 0.25) is 0 Å². The molecule has 3 rings (SSSR count). The van der Waals surface area contributed by atoms with Crippen molar-refractivity contribution in [1.29, 1.82) is 0 Å². The van der Waals surface area contributed by atoms with Gasteiger partial charge in [-0.1, -0.05) is 25.1 Å². The molecule has 30 heavy (non-hydrogen) atoms. The van der Waals surface area contributed by atoms with Crippen molar-refractivity contribution in [2.75, 3.05) is 20.2 Å². The zero-order valence-electron chi connectivity index (χ0n) is 17.6. The third kappa shape index (κ3) is 6.08. The number of halogens is 1. The van der Waals surface area contributed by atoms with Crippen LogP contribution in [0.1, 0.15) is 19.4 Å². The minimum Gasteiger partial charge on any atom is -0.497 e. The fourth-order valence-electron chi connectivity index (χ4n) is 3.17. The summed E-state index contributed by atoms with van der Waals surface area (Å²) in [5.74, 6) is 0.769. The van der Waals surface area contributed by atoms with Crippen molar-refractivity contribution < 1.29 is 9.53 Å². The number of methoxy groups -OCH3 is 1. The van der Waals surface area contributed by atoms with E-state index in [4.69, 9.17) is 9.84 Å². The van der Waals surface area contributed by atoms with E-state index in [2.05, 4.69) is 24.5 Å². The van der Waals surface area contributed by atoms with E-state index in [-0.39, 0.29) is 30.8 Å². The molecule has 0 bridgehead atoms. The molecule has 0 aliphatic heterocycles. The second-order valence-corrected chi connectivity index (χ2v) is 6.95. The monoisotopic (exact) mass is 428 g/mol. The summed E-state index contributed by atoms with van der Waals surface area (Å²) in [5, 5.41) is 11.1. The highest BCUT2D eigenvalue weighted by atomic mass is 35.5. The second kappa shape index (κ2) is 11.4. The molecule has 1 amide bonds. The molecule has 0 aliphatic carbocycles. The van der Waals surface area contributed by atoms with Gasteiger partial charge in [-0.25, -0.2) is 4.68 Å². The lowest BCUT2D eigenvalue weighted by atomic mass is 10.1. The lowest BCUT2D eigenvalue weighted by Crippen LogP contribution is -2.39. The van der Waals surface area contributed by atoms with Gasteiger partial charge in [0.1, 0.15) is 5.75 Å². The molecule has 7 heteroatoms. The number of aromatic nitrogens is 2. The Hall–Kier alpha value is -2.83. The van der Waals surface area contributed by atoms with Crippen molar-refractivity contribution in [3.05, 3.63) is 66.4 Å². The Kier molecular flexibility index (Phi) is 8.89. The van der Waals surface area contributed by atoms with Crippen LogP contribution in [0.5, 0.6) is 5.75 Å². The molecule has 1 heterocycles. The SMILES string of the molecule is CCN[C@H](C)CNC(=O)Cc1cn(-c2ccccc2)nc1-c1ccc(OC)cc1.Cl. The van der Waals surface area contributed by atoms with Crippen LogP contribution in [-0.2, 0) is 11.2 Å². The summed E-state index contributed by atoms with van der Waals surface area (Å²) in [6.45, 7) is 5.58. The Bertz CT molecular complexity index is 926. The number of nitrogens with zero attached hydrogens (tertiary/aromatic N) is 2. The molecule has 0 saturated carbocycles. The average Bonchev–Trinajstić information content (AvgIpc) is 3.17. The highest BCUT2D eigenvalue weighted by molar-refractivity contribution is 5.85. The largest absolute Gasteiger partial charge is 0.497 e. The summed E-state index contributed by atoms with van der Waals surface area (Å²) >= 11 is 0.